The fraction of sp³-hybridized carbons (Fsp3) is 0.238. The van der Waals surface area contributed by atoms with Crippen molar-refractivity contribution < 1.29 is 9.53 Å². The second-order valence-electron chi connectivity index (χ2n) is 7.04. The fourth-order valence-electron chi connectivity index (χ4n) is 3.92. The molecule has 5 rings (SSSR count). The lowest BCUT2D eigenvalue weighted by atomic mass is 9.87. The zero-order valence-corrected chi connectivity index (χ0v) is 17.2. The van der Waals surface area contributed by atoms with Gasteiger partial charge in [0.05, 0.1) is 23.6 Å². The molecule has 8 heteroatoms. The summed E-state index contributed by atoms with van der Waals surface area (Å²) in [5, 5.41) is 16.1. The van der Waals surface area contributed by atoms with Gasteiger partial charge in [0.1, 0.15) is 0 Å². The highest BCUT2D eigenvalue weighted by Gasteiger charge is 2.32. The molecule has 1 atom stereocenters. The Morgan fingerprint density at radius 1 is 1.24 bits per heavy atom. The Hall–Kier alpha value is -2.61. The number of benzene rings is 1. The molecule has 0 unspecified atom stereocenters. The summed E-state index contributed by atoms with van der Waals surface area (Å²) in [5.74, 6) is 0.138. The van der Waals surface area contributed by atoms with Gasteiger partial charge in [-0.05, 0) is 29.1 Å². The third-order valence-electron chi connectivity index (χ3n) is 5.18. The van der Waals surface area contributed by atoms with E-state index in [0.717, 1.165) is 22.5 Å². The van der Waals surface area contributed by atoms with E-state index in [9.17, 15) is 4.79 Å². The maximum atomic E-state index is 12.8. The standard InChI is InChI=1S/C21H17ClN4O2S/c1-28-11-15-19(12-4-2-5-14(22)8-12)21-24-23-20-16(26(21)25-15)9-13(10-17(20)27)18-6-3-7-29-18/h2-8,13H,9-11H2,1H3/t13-/m1/s1. The normalized spacial score (nSPS) is 16.3. The van der Waals surface area contributed by atoms with Crippen molar-refractivity contribution in [2.45, 2.75) is 25.4 Å². The van der Waals surface area contributed by atoms with Crippen LogP contribution < -0.4 is 0 Å². The molecule has 0 fully saturated rings. The maximum Gasteiger partial charge on any atom is 0.185 e. The summed E-state index contributed by atoms with van der Waals surface area (Å²) in [6.45, 7) is 0.322. The van der Waals surface area contributed by atoms with Gasteiger partial charge < -0.3 is 4.74 Å². The van der Waals surface area contributed by atoms with Crippen LogP contribution in [0, 0.1) is 0 Å². The number of ketones is 1. The first-order valence-electron chi connectivity index (χ1n) is 9.24. The molecule has 0 aliphatic heterocycles. The number of hydrogen-bond donors (Lipinski definition) is 0. The van der Waals surface area contributed by atoms with Crippen LogP contribution in [0.2, 0.25) is 5.02 Å². The molecule has 0 N–H and O–H groups in total. The van der Waals surface area contributed by atoms with Gasteiger partial charge in [0.15, 0.2) is 17.1 Å². The van der Waals surface area contributed by atoms with Crippen LogP contribution in [0.5, 0.6) is 0 Å². The molecule has 146 valence electrons. The van der Waals surface area contributed by atoms with Gasteiger partial charge in [-0.1, -0.05) is 29.8 Å². The van der Waals surface area contributed by atoms with Crippen LogP contribution in [-0.2, 0) is 17.8 Å². The Balaban J connectivity index is 1.72. The summed E-state index contributed by atoms with van der Waals surface area (Å²) in [6.07, 6.45) is 1.14. The van der Waals surface area contributed by atoms with E-state index >= 15 is 0 Å². The molecular weight excluding hydrogens is 408 g/mol. The van der Waals surface area contributed by atoms with E-state index in [0.29, 0.717) is 35.8 Å². The summed E-state index contributed by atoms with van der Waals surface area (Å²) in [6, 6.07) is 11.6. The predicted molar refractivity (Wildman–Crippen MR) is 112 cm³/mol. The van der Waals surface area contributed by atoms with Gasteiger partial charge >= 0.3 is 0 Å². The molecule has 0 radical (unpaired) electrons. The van der Waals surface area contributed by atoms with Crippen LogP contribution in [0.1, 0.15) is 39.1 Å². The first-order valence-corrected chi connectivity index (χ1v) is 10.5. The van der Waals surface area contributed by atoms with Crippen molar-refractivity contribution in [1.29, 1.82) is 0 Å². The molecular formula is C21H17ClN4O2S. The SMILES string of the molecule is COCc1nn2c3c(nnc2c1-c1cccc(Cl)c1)C(=O)C[C@H](c1cccs1)C3. The van der Waals surface area contributed by atoms with Crippen LogP contribution in [0.4, 0.5) is 0 Å². The lowest BCUT2D eigenvalue weighted by molar-refractivity contribution is 0.0956. The Bertz CT molecular complexity index is 1220. The number of rotatable bonds is 4. The molecule has 1 aromatic carbocycles. The Kier molecular flexibility index (Phi) is 4.66. The largest absolute Gasteiger partial charge is 0.378 e. The third-order valence-corrected chi connectivity index (χ3v) is 6.45. The number of ether oxygens (including phenoxy) is 1. The summed E-state index contributed by atoms with van der Waals surface area (Å²) in [7, 11) is 1.63. The minimum atomic E-state index is 0.00662. The van der Waals surface area contributed by atoms with Crippen molar-refractivity contribution >= 4 is 34.4 Å². The van der Waals surface area contributed by atoms with Gasteiger partial charge in [0.2, 0.25) is 0 Å². The number of Topliss-reactive ketones (excluding diaryl/α,β-unsaturated/α-hetero) is 1. The summed E-state index contributed by atoms with van der Waals surface area (Å²) >= 11 is 7.89. The molecule has 0 saturated carbocycles. The molecule has 0 spiro atoms. The predicted octanol–water partition coefficient (Wildman–Crippen LogP) is 4.57. The monoisotopic (exact) mass is 424 g/mol. The van der Waals surface area contributed by atoms with E-state index in [1.807, 2.05) is 35.7 Å². The van der Waals surface area contributed by atoms with E-state index in [1.165, 1.54) is 4.88 Å². The minimum absolute atomic E-state index is 0.00662. The van der Waals surface area contributed by atoms with Crippen LogP contribution in [0.15, 0.2) is 41.8 Å². The van der Waals surface area contributed by atoms with Gasteiger partial charge in [-0.25, -0.2) is 4.52 Å². The minimum Gasteiger partial charge on any atom is -0.378 e. The first kappa shape index (κ1) is 18.4. The number of fused-ring (bicyclic) bond motifs is 3. The quantitative estimate of drug-likeness (QED) is 0.480. The fourth-order valence-corrected chi connectivity index (χ4v) is 4.94. The van der Waals surface area contributed by atoms with Gasteiger partial charge in [-0.2, -0.15) is 5.10 Å². The van der Waals surface area contributed by atoms with Gasteiger partial charge in [-0.3, -0.25) is 4.79 Å². The smallest absolute Gasteiger partial charge is 0.185 e. The molecule has 3 heterocycles. The van der Waals surface area contributed by atoms with E-state index in [-0.39, 0.29) is 11.7 Å². The molecule has 6 nitrogen and oxygen atoms in total. The molecule has 3 aromatic heterocycles. The van der Waals surface area contributed by atoms with E-state index in [2.05, 4.69) is 16.3 Å². The van der Waals surface area contributed by atoms with Crippen LogP contribution in [0.3, 0.4) is 0 Å². The van der Waals surface area contributed by atoms with Crippen molar-refractivity contribution in [2.75, 3.05) is 7.11 Å². The van der Waals surface area contributed by atoms with Crippen molar-refractivity contribution in [2.24, 2.45) is 0 Å². The topological polar surface area (TPSA) is 69.4 Å². The molecule has 0 bridgehead atoms. The van der Waals surface area contributed by atoms with Gasteiger partial charge in [0, 0.05) is 35.8 Å². The van der Waals surface area contributed by atoms with E-state index in [1.54, 1.807) is 23.0 Å². The van der Waals surface area contributed by atoms with Gasteiger partial charge in [0.25, 0.3) is 0 Å². The summed E-state index contributed by atoms with van der Waals surface area (Å²) < 4.78 is 7.14. The Morgan fingerprint density at radius 3 is 2.90 bits per heavy atom. The van der Waals surface area contributed by atoms with Crippen molar-refractivity contribution in [3.63, 3.8) is 0 Å². The summed E-state index contributed by atoms with van der Waals surface area (Å²) in [5.41, 5.74) is 4.28. The molecule has 0 saturated heterocycles. The molecule has 1 aliphatic carbocycles. The Morgan fingerprint density at radius 2 is 2.14 bits per heavy atom. The number of nitrogens with zero attached hydrogens (tertiary/aromatic N) is 4. The zero-order chi connectivity index (χ0) is 20.0. The van der Waals surface area contributed by atoms with E-state index < -0.39 is 0 Å². The average Bonchev–Trinajstić information content (AvgIpc) is 3.36. The van der Waals surface area contributed by atoms with Gasteiger partial charge in [-0.15, -0.1) is 21.5 Å². The maximum absolute atomic E-state index is 12.8. The molecule has 29 heavy (non-hydrogen) atoms. The first-order chi connectivity index (χ1) is 14.2. The Labute approximate surface area is 176 Å². The number of hydrogen-bond acceptors (Lipinski definition) is 6. The number of carbonyl (C=O) groups is 1. The number of carbonyl (C=O) groups excluding carboxylic acids is 1. The number of halogens is 1. The molecule has 4 aromatic rings. The molecule has 1 aliphatic rings. The lowest BCUT2D eigenvalue weighted by Crippen LogP contribution is -2.23. The van der Waals surface area contributed by atoms with E-state index in [4.69, 9.17) is 21.4 Å². The average molecular weight is 425 g/mol. The number of thiophene rings is 1. The van der Waals surface area contributed by atoms with Crippen molar-refractivity contribution in [1.82, 2.24) is 19.8 Å². The highest BCUT2D eigenvalue weighted by atomic mass is 35.5. The lowest BCUT2D eigenvalue weighted by Gasteiger charge is -2.21. The second kappa shape index (κ2) is 7.33. The highest BCUT2D eigenvalue weighted by molar-refractivity contribution is 7.10. The second-order valence-corrected chi connectivity index (χ2v) is 8.46. The van der Waals surface area contributed by atoms with Crippen LogP contribution in [0.25, 0.3) is 16.8 Å². The van der Waals surface area contributed by atoms with Crippen LogP contribution in [-0.4, -0.2) is 32.7 Å². The number of methoxy groups -OCH3 is 1. The number of aromatic nitrogens is 4. The van der Waals surface area contributed by atoms with Crippen LogP contribution >= 0.6 is 22.9 Å². The summed E-state index contributed by atoms with van der Waals surface area (Å²) in [4.78, 5) is 14.0. The van der Waals surface area contributed by atoms with Crippen molar-refractivity contribution in [3.8, 4) is 11.1 Å². The highest BCUT2D eigenvalue weighted by Crippen LogP contribution is 2.36. The third kappa shape index (κ3) is 3.15. The zero-order valence-electron chi connectivity index (χ0n) is 15.6. The van der Waals surface area contributed by atoms with Crippen molar-refractivity contribution in [3.05, 3.63) is 68.8 Å². The molecule has 0 amide bonds.